The highest BCUT2D eigenvalue weighted by molar-refractivity contribution is 5.78. The van der Waals surface area contributed by atoms with Crippen molar-refractivity contribution < 1.29 is 9.21 Å². The summed E-state index contributed by atoms with van der Waals surface area (Å²) in [5, 5.41) is 6.86. The normalized spacial score (nSPS) is 12.1. The van der Waals surface area contributed by atoms with Crippen LogP contribution in [0.4, 0.5) is 4.79 Å². The topological polar surface area (TPSA) is 54.3 Å². The van der Waals surface area contributed by atoms with Crippen LogP contribution in [0, 0.1) is 13.8 Å². The summed E-state index contributed by atoms with van der Waals surface area (Å²) in [7, 11) is 0. The number of aryl methyl sites for hydroxylation is 2. The number of benzene rings is 2. The summed E-state index contributed by atoms with van der Waals surface area (Å²) in [5.41, 5.74) is 4.35. The Morgan fingerprint density at radius 2 is 1.92 bits per heavy atom. The van der Waals surface area contributed by atoms with E-state index in [1.54, 1.807) is 0 Å². The molecule has 0 spiro atoms. The number of fused-ring (bicyclic) bond motifs is 1. The van der Waals surface area contributed by atoms with Gasteiger partial charge in [0.1, 0.15) is 11.3 Å². The molecule has 1 atom stereocenters. The molecule has 0 saturated heterocycles. The van der Waals surface area contributed by atoms with Crippen LogP contribution in [-0.2, 0) is 6.54 Å². The Balaban J connectivity index is 1.59. The second-order valence-electron chi connectivity index (χ2n) is 6.17. The average molecular weight is 322 g/mol. The molecule has 0 aliphatic rings. The van der Waals surface area contributed by atoms with Crippen molar-refractivity contribution in [3.8, 4) is 0 Å². The lowest BCUT2D eigenvalue weighted by Gasteiger charge is -2.13. The number of nitrogens with one attached hydrogen (secondary N) is 2. The molecule has 3 rings (SSSR count). The number of furan rings is 1. The third-order valence-corrected chi connectivity index (χ3v) is 4.16. The third-order valence-electron chi connectivity index (χ3n) is 4.16. The molecule has 2 amide bonds. The van der Waals surface area contributed by atoms with Gasteiger partial charge in [-0.3, -0.25) is 0 Å². The predicted molar refractivity (Wildman–Crippen MR) is 95.9 cm³/mol. The second-order valence-corrected chi connectivity index (χ2v) is 6.17. The summed E-state index contributed by atoms with van der Waals surface area (Å²) in [5.74, 6) is 0.748. The van der Waals surface area contributed by atoms with Gasteiger partial charge in [0.25, 0.3) is 0 Å². The van der Waals surface area contributed by atoms with Crippen molar-refractivity contribution in [2.75, 3.05) is 0 Å². The molecule has 4 heteroatoms. The van der Waals surface area contributed by atoms with E-state index in [1.807, 2.05) is 43.3 Å². The van der Waals surface area contributed by atoms with Crippen molar-refractivity contribution in [2.45, 2.75) is 33.4 Å². The lowest BCUT2D eigenvalue weighted by Crippen LogP contribution is -2.36. The molecular formula is C20H22N2O2. The first kappa shape index (κ1) is 16.1. The van der Waals surface area contributed by atoms with Gasteiger partial charge >= 0.3 is 6.03 Å². The molecule has 1 heterocycles. The van der Waals surface area contributed by atoms with Crippen molar-refractivity contribution in [3.05, 3.63) is 71.0 Å². The fourth-order valence-corrected chi connectivity index (χ4v) is 2.75. The van der Waals surface area contributed by atoms with Crippen LogP contribution in [0.1, 0.15) is 35.4 Å². The van der Waals surface area contributed by atoms with E-state index in [-0.39, 0.29) is 12.1 Å². The largest absolute Gasteiger partial charge is 0.459 e. The van der Waals surface area contributed by atoms with E-state index < -0.39 is 0 Å². The Hall–Kier alpha value is -2.75. The van der Waals surface area contributed by atoms with Crippen LogP contribution in [-0.4, -0.2) is 6.03 Å². The molecule has 2 aromatic carbocycles. The van der Waals surface area contributed by atoms with E-state index in [2.05, 4.69) is 36.6 Å². The number of hydrogen-bond acceptors (Lipinski definition) is 2. The van der Waals surface area contributed by atoms with Crippen molar-refractivity contribution in [1.82, 2.24) is 10.6 Å². The van der Waals surface area contributed by atoms with Crippen LogP contribution in [0.3, 0.4) is 0 Å². The Morgan fingerprint density at radius 1 is 1.12 bits per heavy atom. The fourth-order valence-electron chi connectivity index (χ4n) is 2.75. The Bertz CT molecular complexity index is 834. The maximum absolute atomic E-state index is 12.1. The van der Waals surface area contributed by atoms with Crippen LogP contribution in [0.2, 0.25) is 0 Å². The zero-order valence-corrected chi connectivity index (χ0v) is 14.2. The zero-order chi connectivity index (χ0) is 17.1. The van der Waals surface area contributed by atoms with Crippen molar-refractivity contribution in [3.63, 3.8) is 0 Å². The number of urea groups is 1. The number of rotatable bonds is 4. The van der Waals surface area contributed by atoms with Crippen LogP contribution >= 0.6 is 0 Å². The highest BCUT2D eigenvalue weighted by atomic mass is 16.3. The molecule has 124 valence electrons. The van der Waals surface area contributed by atoms with Gasteiger partial charge in [0.2, 0.25) is 0 Å². The monoisotopic (exact) mass is 322 g/mol. The van der Waals surface area contributed by atoms with Crippen LogP contribution in [0.5, 0.6) is 0 Å². The SMILES string of the molecule is Cc1ccc(CNC(=O)NC(C)c2cc3ccccc3o2)c(C)c1. The lowest BCUT2D eigenvalue weighted by atomic mass is 10.1. The summed E-state index contributed by atoms with van der Waals surface area (Å²) in [6.45, 7) is 6.53. The molecule has 0 fully saturated rings. The molecule has 2 N–H and O–H groups in total. The number of amides is 2. The van der Waals surface area contributed by atoms with Gasteiger partial charge in [-0.1, -0.05) is 42.0 Å². The van der Waals surface area contributed by atoms with Crippen molar-refractivity contribution in [1.29, 1.82) is 0 Å². The van der Waals surface area contributed by atoms with Gasteiger partial charge in [-0.05, 0) is 44.0 Å². The summed E-state index contributed by atoms with van der Waals surface area (Å²) in [6, 6.07) is 15.6. The van der Waals surface area contributed by atoms with E-state index in [0.29, 0.717) is 6.54 Å². The van der Waals surface area contributed by atoms with Crippen molar-refractivity contribution in [2.24, 2.45) is 0 Å². The maximum atomic E-state index is 12.1. The summed E-state index contributed by atoms with van der Waals surface area (Å²) in [4.78, 5) is 12.1. The molecule has 1 aromatic heterocycles. The molecule has 0 radical (unpaired) electrons. The van der Waals surface area contributed by atoms with Crippen LogP contribution in [0.15, 0.2) is 52.9 Å². The zero-order valence-electron chi connectivity index (χ0n) is 14.2. The maximum Gasteiger partial charge on any atom is 0.315 e. The van der Waals surface area contributed by atoms with E-state index in [1.165, 1.54) is 11.1 Å². The molecule has 0 saturated carbocycles. The first-order chi connectivity index (χ1) is 11.5. The van der Waals surface area contributed by atoms with Crippen LogP contribution in [0.25, 0.3) is 11.0 Å². The van der Waals surface area contributed by atoms with Gasteiger partial charge in [0, 0.05) is 11.9 Å². The molecular weight excluding hydrogens is 300 g/mol. The quantitative estimate of drug-likeness (QED) is 0.737. The molecule has 0 aliphatic heterocycles. The van der Waals surface area contributed by atoms with E-state index in [4.69, 9.17) is 4.42 Å². The predicted octanol–water partition coefficient (Wildman–Crippen LogP) is 4.61. The molecule has 3 aromatic rings. The van der Waals surface area contributed by atoms with E-state index in [0.717, 1.165) is 22.3 Å². The van der Waals surface area contributed by atoms with Gasteiger partial charge in [0.15, 0.2) is 0 Å². The highest BCUT2D eigenvalue weighted by Crippen LogP contribution is 2.23. The minimum Gasteiger partial charge on any atom is -0.459 e. The number of hydrogen-bond donors (Lipinski definition) is 2. The van der Waals surface area contributed by atoms with Gasteiger partial charge in [-0.2, -0.15) is 0 Å². The standard InChI is InChI=1S/C20H22N2O2/c1-13-8-9-17(14(2)10-13)12-21-20(23)22-15(3)19-11-16-6-4-5-7-18(16)24-19/h4-11,15H,12H2,1-3H3,(H2,21,22,23). The number of carbonyl (C=O) groups is 1. The van der Waals surface area contributed by atoms with E-state index >= 15 is 0 Å². The first-order valence-corrected chi connectivity index (χ1v) is 8.12. The first-order valence-electron chi connectivity index (χ1n) is 8.12. The fraction of sp³-hybridized carbons (Fsp3) is 0.250. The number of para-hydroxylation sites is 1. The minimum absolute atomic E-state index is 0.198. The second kappa shape index (κ2) is 6.79. The Morgan fingerprint density at radius 3 is 2.67 bits per heavy atom. The van der Waals surface area contributed by atoms with Gasteiger partial charge in [-0.25, -0.2) is 4.79 Å². The number of carbonyl (C=O) groups excluding carboxylic acids is 1. The summed E-state index contributed by atoms with van der Waals surface area (Å²) < 4.78 is 5.78. The van der Waals surface area contributed by atoms with Crippen LogP contribution < -0.4 is 10.6 Å². The summed E-state index contributed by atoms with van der Waals surface area (Å²) in [6.07, 6.45) is 0. The third kappa shape index (κ3) is 3.59. The Labute approximate surface area is 141 Å². The highest BCUT2D eigenvalue weighted by Gasteiger charge is 2.14. The smallest absolute Gasteiger partial charge is 0.315 e. The average Bonchev–Trinajstić information content (AvgIpc) is 2.98. The molecule has 4 nitrogen and oxygen atoms in total. The summed E-state index contributed by atoms with van der Waals surface area (Å²) >= 11 is 0. The molecule has 0 bridgehead atoms. The minimum atomic E-state index is -0.206. The van der Waals surface area contributed by atoms with E-state index in [9.17, 15) is 4.79 Å². The van der Waals surface area contributed by atoms with Gasteiger partial charge in [0.05, 0.1) is 6.04 Å². The Kier molecular flexibility index (Phi) is 4.56. The van der Waals surface area contributed by atoms with Gasteiger partial charge in [-0.15, -0.1) is 0 Å². The molecule has 24 heavy (non-hydrogen) atoms. The van der Waals surface area contributed by atoms with Crippen molar-refractivity contribution >= 4 is 17.0 Å². The van der Waals surface area contributed by atoms with Gasteiger partial charge < -0.3 is 15.1 Å². The molecule has 1 unspecified atom stereocenters. The molecule has 0 aliphatic carbocycles. The lowest BCUT2D eigenvalue weighted by molar-refractivity contribution is 0.236.